The fourth-order valence-corrected chi connectivity index (χ4v) is 4.66. The molecule has 1 amide bonds. The number of carbonyl (C=O) groups is 3. The molecular formula is C21H28N2O5. The highest BCUT2D eigenvalue weighted by atomic mass is 16.4. The third kappa shape index (κ3) is 4.35. The highest BCUT2D eigenvalue weighted by molar-refractivity contribution is 5.88. The Morgan fingerprint density at radius 3 is 2.46 bits per heavy atom. The number of benzene rings is 1. The minimum atomic E-state index is -1.03. The van der Waals surface area contributed by atoms with Crippen molar-refractivity contribution in [2.24, 2.45) is 5.92 Å². The number of nitrogens with one attached hydrogen (secondary N) is 1. The van der Waals surface area contributed by atoms with Crippen LogP contribution < -0.4 is 5.32 Å². The van der Waals surface area contributed by atoms with Crippen LogP contribution in [0.1, 0.15) is 44.6 Å². The van der Waals surface area contributed by atoms with Crippen molar-refractivity contribution in [2.45, 2.75) is 69.6 Å². The average molecular weight is 388 g/mol. The van der Waals surface area contributed by atoms with Crippen LogP contribution in [0.4, 0.5) is 0 Å². The SMILES string of the molecule is C[C@H](NC(Cc1ccccc1)C(=O)O)C(=O)N1C2CCCCC2C[C@H]1C(=O)O. The number of carboxylic acid groups (broad SMARTS) is 2. The van der Waals surface area contributed by atoms with Gasteiger partial charge in [-0.2, -0.15) is 0 Å². The molecule has 1 saturated carbocycles. The summed E-state index contributed by atoms with van der Waals surface area (Å²) in [6.07, 6.45) is 4.57. The summed E-state index contributed by atoms with van der Waals surface area (Å²) in [7, 11) is 0. The van der Waals surface area contributed by atoms with E-state index in [4.69, 9.17) is 0 Å². The molecule has 3 rings (SSSR count). The third-order valence-corrected chi connectivity index (χ3v) is 6.03. The number of amides is 1. The van der Waals surface area contributed by atoms with E-state index in [1.54, 1.807) is 6.92 Å². The molecular weight excluding hydrogens is 360 g/mol. The number of carbonyl (C=O) groups excluding carboxylic acids is 1. The number of aliphatic carboxylic acids is 2. The minimum absolute atomic E-state index is 0.0519. The molecule has 1 aliphatic carbocycles. The number of hydrogen-bond acceptors (Lipinski definition) is 4. The molecule has 1 heterocycles. The van der Waals surface area contributed by atoms with Crippen LogP contribution in [-0.4, -0.2) is 57.1 Å². The number of rotatable bonds is 7. The summed E-state index contributed by atoms with van der Waals surface area (Å²) in [6, 6.07) is 6.67. The lowest BCUT2D eigenvalue weighted by molar-refractivity contribution is -0.151. The van der Waals surface area contributed by atoms with Gasteiger partial charge in [0.25, 0.3) is 0 Å². The monoisotopic (exact) mass is 388 g/mol. The van der Waals surface area contributed by atoms with Crippen molar-refractivity contribution in [3.05, 3.63) is 35.9 Å². The lowest BCUT2D eigenvalue weighted by Crippen LogP contribution is -2.55. The van der Waals surface area contributed by atoms with Crippen molar-refractivity contribution < 1.29 is 24.6 Å². The molecule has 3 unspecified atom stereocenters. The van der Waals surface area contributed by atoms with Crippen molar-refractivity contribution in [1.29, 1.82) is 0 Å². The van der Waals surface area contributed by atoms with E-state index >= 15 is 0 Å². The number of likely N-dealkylation sites (tertiary alicyclic amines) is 1. The fourth-order valence-electron chi connectivity index (χ4n) is 4.66. The topological polar surface area (TPSA) is 107 Å². The van der Waals surface area contributed by atoms with Crippen LogP contribution in [0.5, 0.6) is 0 Å². The molecule has 0 bridgehead atoms. The van der Waals surface area contributed by atoms with E-state index in [1.165, 1.54) is 4.90 Å². The Morgan fingerprint density at radius 2 is 1.82 bits per heavy atom. The Morgan fingerprint density at radius 1 is 1.14 bits per heavy atom. The molecule has 152 valence electrons. The second-order valence-corrected chi connectivity index (χ2v) is 7.92. The van der Waals surface area contributed by atoms with Gasteiger partial charge in [0.05, 0.1) is 6.04 Å². The zero-order valence-electron chi connectivity index (χ0n) is 16.1. The van der Waals surface area contributed by atoms with Crippen LogP contribution in [0.2, 0.25) is 0 Å². The lowest BCUT2D eigenvalue weighted by Gasteiger charge is -2.35. The van der Waals surface area contributed by atoms with Crippen LogP contribution >= 0.6 is 0 Å². The van der Waals surface area contributed by atoms with Crippen molar-refractivity contribution >= 4 is 17.8 Å². The van der Waals surface area contributed by atoms with Crippen molar-refractivity contribution in [1.82, 2.24) is 10.2 Å². The molecule has 7 heteroatoms. The van der Waals surface area contributed by atoms with E-state index in [0.717, 1.165) is 31.2 Å². The van der Waals surface area contributed by atoms with Gasteiger partial charge in [0.1, 0.15) is 12.1 Å². The lowest BCUT2D eigenvalue weighted by atomic mass is 9.84. The summed E-state index contributed by atoms with van der Waals surface area (Å²) >= 11 is 0. The zero-order valence-corrected chi connectivity index (χ0v) is 16.1. The predicted octanol–water partition coefficient (Wildman–Crippen LogP) is 1.90. The first-order chi connectivity index (χ1) is 13.4. The molecule has 0 radical (unpaired) electrons. The number of hydrogen-bond donors (Lipinski definition) is 3. The second kappa shape index (κ2) is 8.73. The van der Waals surface area contributed by atoms with Gasteiger partial charge in [-0.1, -0.05) is 43.2 Å². The summed E-state index contributed by atoms with van der Waals surface area (Å²) in [5.41, 5.74) is 0.860. The van der Waals surface area contributed by atoms with Crippen LogP contribution in [0.25, 0.3) is 0 Å². The molecule has 1 aliphatic heterocycles. The summed E-state index contributed by atoms with van der Waals surface area (Å²) < 4.78 is 0. The van der Waals surface area contributed by atoms with E-state index in [-0.39, 0.29) is 24.3 Å². The van der Waals surface area contributed by atoms with Gasteiger partial charge >= 0.3 is 11.9 Å². The van der Waals surface area contributed by atoms with Gasteiger partial charge in [-0.05, 0) is 44.1 Å². The normalized spacial score (nSPS) is 26.3. The van der Waals surface area contributed by atoms with Crippen LogP contribution in [-0.2, 0) is 20.8 Å². The van der Waals surface area contributed by atoms with Gasteiger partial charge in [0.15, 0.2) is 0 Å². The highest BCUT2D eigenvalue weighted by Gasteiger charge is 2.48. The number of carboxylic acids is 2. The van der Waals surface area contributed by atoms with Gasteiger partial charge < -0.3 is 15.1 Å². The Labute approximate surface area is 164 Å². The molecule has 1 aromatic carbocycles. The van der Waals surface area contributed by atoms with E-state index in [9.17, 15) is 24.6 Å². The van der Waals surface area contributed by atoms with Crippen LogP contribution in [0, 0.1) is 5.92 Å². The highest BCUT2D eigenvalue weighted by Crippen LogP contribution is 2.40. The van der Waals surface area contributed by atoms with Crippen molar-refractivity contribution in [2.75, 3.05) is 0 Å². The molecule has 1 aromatic rings. The van der Waals surface area contributed by atoms with Crippen molar-refractivity contribution in [3.8, 4) is 0 Å². The zero-order chi connectivity index (χ0) is 20.3. The summed E-state index contributed by atoms with van der Waals surface area (Å²) in [5, 5.41) is 22.1. The predicted molar refractivity (Wildman–Crippen MR) is 103 cm³/mol. The summed E-state index contributed by atoms with van der Waals surface area (Å²) in [4.78, 5) is 38.1. The van der Waals surface area contributed by atoms with Crippen LogP contribution in [0.15, 0.2) is 30.3 Å². The van der Waals surface area contributed by atoms with Gasteiger partial charge in [-0.3, -0.25) is 14.9 Å². The molecule has 5 atom stereocenters. The molecule has 7 nitrogen and oxygen atoms in total. The molecule has 0 spiro atoms. The van der Waals surface area contributed by atoms with Gasteiger partial charge in [-0.25, -0.2) is 4.79 Å². The standard InChI is InChI=1S/C21H28N2O5/c1-13(22-16(20(25)26)11-14-7-3-2-4-8-14)19(24)23-17-10-6-5-9-15(17)12-18(23)21(27)28/h2-4,7-8,13,15-18,22H,5-6,9-12H2,1H3,(H,25,26)(H,27,28)/t13-,15?,16?,17?,18-/m0/s1. The number of fused-ring (bicyclic) bond motifs is 1. The Kier molecular flexibility index (Phi) is 6.34. The molecule has 3 N–H and O–H groups in total. The largest absolute Gasteiger partial charge is 0.480 e. The average Bonchev–Trinajstić information content (AvgIpc) is 3.07. The molecule has 0 aromatic heterocycles. The number of nitrogens with zero attached hydrogens (tertiary/aromatic N) is 1. The molecule has 2 aliphatic rings. The maximum atomic E-state index is 13.1. The maximum absolute atomic E-state index is 13.1. The van der Waals surface area contributed by atoms with Gasteiger partial charge in [0.2, 0.25) is 5.91 Å². The quantitative estimate of drug-likeness (QED) is 0.659. The Balaban J connectivity index is 1.72. The van der Waals surface area contributed by atoms with E-state index in [1.807, 2.05) is 30.3 Å². The summed E-state index contributed by atoms with van der Waals surface area (Å²) in [6.45, 7) is 1.62. The third-order valence-electron chi connectivity index (χ3n) is 6.03. The first kappa shape index (κ1) is 20.3. The fraction of sp³-hybridized carbons (Fsp3) is 0.571. The first-order valence-electron chi connectivity index (χ1n) is 9.96. The molecule has 2 fully saturated rings. The Hall–Kier alpha value is -2.41. The first-order valence-corrected chi connectivity index (χ1v) is 9.96. The summed E-state index contributed by atoms with van der Waals surface area (Å²) in [5.74, 6) is -2.10. The second-order valence-electron chi connectivity index (χ2n) is 7.92. The maximum Gasteiger partial charge on any atom is 0.326 e. The van der Waals surface area contributed by atoms with Crippen LogP contribution in [0.3, 0.4) is 0 Å². The van der Waals surface area contributed by atoms with Gasteiger partial charge in [-0.15, -0.1) is 0 Å². The smallest absolute Gasteiger partial charge is 0.326 e. The molecule has 1 saturated heterocycles. The van der Waals surface area contributed by atoms with Crippen molar-refractivity contribution in [3.63, 3.8) is 0 Å². The van der Waals surface area contributed by atoms with Gasteiger partial charge in [0, 0.05) is 6.04 Å². The van der Waals surface area contributed by atoms with E-state index in [0.29, 0.717) is 6.42 Å². The van der Waals surface area contributed by atoms with E-state index in [2.05, 4.69) is 5.32 Å². The van der Waals surface area contributed by atoms with E-state index < -0.39 is 30.1 Å². The Bertz CT molecular complexity index is 723. The molecule has 28 heavy (non-hydrogen) atoms. The minimum Gasteiger partial charge on any atom is -0.480 e.